The Morgan fingerprint density at radius 3 is 2.38 bits per heavy atom. The smallest absolute Gasteiger partial charge is 0.348 e. The molecule has 0 saturated carbocycles. The van der Waals surface area contributed by atoms with Crippen LogP contribution >= 0.6 is 0 Å². The lowest BCUT2D eigenvalue weighted by Crippen LogP contribution is -2.71. The molecule has 114 valence electrons. The highest BCUT2D eigenvalue weighted by Gasteiger charge is 2.39. The zero-order valence-electron chi connectivity index (χ0n) is 10.9. The van der Waals surface area contributed by atoms with Gasteiger partial charge >= 0.3 is 6.18 Å². The number of nitrogens with two attached hydrogens (primary N) is 1. The molecule has 0 spiro atoms. The zero-order chi connectivity index (χ0) is 15.6. The SMILES string of the molecule is NC[C@H]1NC(=O)[C@H]1NC(=O)Cc1ccc(C(F)(F)F)cc1. The number of amides is 2. The number of alkyl halides is 3. The molecule has 2 atom stereocenters. The predicted molar refractivity (Wildman–Crippen MR) is 68.1 cm³/mol. The molecule has 5 nitrogen and oxygen atoms in total. The minimum atomic E-state index is -4.40. The first-order valence-corrected chi connectivity index (χ1v) is 6.27. The summed E-state index contributed by atoms with van der Waals surface area (Å²) in [5.74, 6) is -0.751. The third-order valence-electron chi connectivity index (χ3n) is 3.23. The summed E-state index contributed by atoms with van der Waals surface area (Å²) < 4.78 is 37.2. The van der Waals surface area contributed by atoms with Crippen LogP contribution in [0.15, 0.2) is 24.3 Å². The highest BCUT2D eigenvalue weighted by Crippen LogP contribution is 2.29. The number of halogens is 3. The first-order valence-electron chi connectivity index (χ1n) is 6.27. The summed E-state index contributed by atoms with van der Waals surface area (Å²) in [6, 6.07) is 3.35. The molecule has 8 heteroatoms. The molecule has 0 aliphatic carbocycles. The highest BCUT2D eigenvalue weighted by molar-refractivity contribution is 5.93. The molecule has 1 heterocycles. The summed E-state index contributed by atoms with van der Waals surface area (Å²) in [4.78, 5) is 23.0. The number of nitrogens with one attached hydrogen (secondary N) is 2. The van der Waals surface area contributed by atoms with Gasteiger partial charge in [0.2, 0.25) is 11.8 Å². The van der Waals surface area contributed by atoms with Crippen LogP contribution in [0.25, 0.3) is 0 Å². The number of carbonyl (C=O) groups is 2. The first kappa shape index (κ1) is 15.3. The van der Waals surface area contributed by atoms with Crippen LogP contribution in [0.2, 0.25) is 0 Å². The van der Waals surface area contributed by atoms with Crippen molar-refractivity contribution in [3.8, 4) is 0 Å². The van der Waals surface area contributed by atoms with E-state index < -0.39 is 23.7 Å². The van der Waals surface area contributed by atoms with Gasteiger partial charge < -0.3 is 16.4 Å². The number of carbonyl (C=O) groups excluding carboxylic acids is 2. The van der Waals surface area contributed by atoms with Crippen LogP contribution in [0.5, 0.6) is 0 Å². The quantitative estimate of drug-likeness (QED) is 0.694. The maximum absolute atomic E-state index is 12.4. The number of rotatable bonds is 4. The molecule has 21 heavy (non-hydrogen) atoms. The molecule has 0 bridgehead atoms. The molecule has 1 saturated heterocycles. The Labute approximate surface area is 118 Å². The van der Waals surface area contributed by atoms with Gasteiger partial charge in [-0.25, -0.2) is 0 Å². The van der Waals surface area contributed by atoms with Crippen molar-refractivity contribution in [3.05, 3.63) is 35.4 Å². The third-order valence-corrected chi connectivity index (χ3v) is 3.23. The Bertz CT molecular complexity index is 543. The van der Waals surface area contributed by atoms with Crippen molar-refractivity contribution in [1.29, 1.82) is 0 Å². The molecule has 1 aliphatic heterocycles. The zero-order valence-corrected chi connectivity index (χ0v) is 10.9. The monoisotopic (exact) mass is 301 g/mol. The van der Waals surface area contributed by atoms with E-state index in [1.54, 1.807) is 0 Å². The first-order chi connectivity index (χ1) is 9.81. The standard InChI is InChI=1S/C13H14F3N3O2/c14-13(15,16)8-3-1-7(2-4-8)5-10(20)19-11-9(6-17)18-12(11)21/h1-4,9,11H,5-6,17H2,(H,18,21)(H,19,20)/t9-,11+/m1/s1. The molecule has 0 aromatic heterocycles. The number of hydrogen-bond donors (Lipinski definition) is 3. The van der Waals surface area contributed by atoms with Crippen molar-refractivity contribution < 1.29 is 22.8 Å². The van der Waals surface area contributed by atoms with Crippen LogP contribution in [0, 0.1) is 0 Å². The van der Waals surface area contributed by atoms with Crippen molar-refractivity contribution >= 4 is 11.8 Å². The van der Waals surface area contributed by atoms with Gasteiger partial charge in [0, 0.05) is 6.54 Å². The van der Waals surface area contributed by atoms with E-state index in [1.807, 2.05) is 0 Å². The van der Waals surface area contributed by atoms with E-state index in [0.717, 1.165) is 12.1 Å². The van der Waals surface area contributed by atoms with E-state index in [-0.39, 0.29) is 24.9 Å². The fraction of sp³-hybridized carbons (Fsp3) is 0.385. The maximum atomic E-state index is 12.4. The Morgan fingerprint density at radius 1 is 1.29 bits per heavy atom. The van der Waals surface area contributed by atoms with Gasteiger partial charge in [-0.3, -0.25) is 9.59 Å². The van der Waals surface area contributed by atoms with Gasteiger partial charge in [0.25, 0.3) is 0 Å². The van der Waals surface area contributed by atoms with Crippen LogP contribution in [-0.4, -0.2) is 30.4 Å². The van der Waals surface area contributed by atoms with E-state index in [2.05, 4.69) is 10.6 Å². The second kappa shape index (κ2) is 5.72. The molecule has 0 unspecified atom stereocenters. The van der Waals surface area contributed by atoms with Gasteiger partial charge in [-0.15, -0.1) is 0 Å². The lowest BCUT2D eigenvalue weighted by Gasteiger charge is -2.36. The van der Waals surface area contributed by atoms with Gasteiger partial charge in [0.1, 0.15) is 6.04 Å². The van der Waals surface area contributed by atoms with E-state index in [1.165, 1.54) is 12.1 Å². The van der Waals surface area contributed by atoms with Crippen molar-refractivity contribution in [3.63, 3.8) is 0 Å². The summed E-state index contributed by atoms with van der Waals surface area (Å²) in [7, 11) is 0. The molecule has 1 aliphatic rings. The van der Waals surface area contributed by atoms with Crippen LogP contribution < -0.4 is 16.4 Å². The molecule has 2 amide bonds. The van der Waals surface area contributed by atoms with Crippen molar-refractivity contribution in [2.24, 2.45) is 5.73 Å². The minimum Gasteiger partial charge on any atom is -0.348 e. The Balaban J connectivity index is 1.92. The average Bonchev–Trinajstić information content (AvgIpc) is 2.41. The Hall–Kier alpha value is -2.09. The van der Waals surface area contributed by atoms with Crippen molar-refractivity contribution in [2.75, 3.05) is 6.54 Å². The van der Waals surface area contributed by atoms with E-state index >= 15 is 0 Å². The molecule has 1 fully saturated rings. The van der Waals surface area contributed by atoms with E-state index in [9.17, 15) is 22.8 Å². The second-order valence-electron chi connectivity index (χ2n) is 4.77. The summed E-state index contributed by atoms with van der Waals surface area (Å²) in [5.41, 5.74) is 5.06. The second-order valence-corrected chi connectivity index (χ2v) is 4.77. The van der Waals surface area contributed by atoms with Crippen LogP contribution in [-0.2, 0) is 22.2 Å². The van der Waals surface area contributed by atoms with Crippen molar-refractivity contribution in [2.45, 2.75) is 24.7 Å². The maximum Gasteiger partial charge on any atom is 0.416 e. The molecule has 4 N–H and O–H groups in total. The molecular weight excluding hydrogens is 287 g/mol. The third kappa shape index (κ3) is 3.52. The van der Waals surface area contributed by atoms with Crippen LogP contribution in [0.1, 0.15) is 11.1 Å². The average molecular weight is 301 g/mol. The molecule has 2 rings (SSSR count). The van der Waals surface area contributed by atoms with Gasteiger partial charge in [0.15, 0.2) is 0 Å². The Morgan fingerprint density at radius 2 is 1.90 bits per heavy atom. The topological polar surface area (TPSA) is 84.2 Å². The highest BCUT2D eigenvalue weighted by atomic mass is 19.4. The number of β-lactam (4-membered cyclic amide) rings is 1. The normalized spacial score (nSPS) is 21.4. The fourth-order valence-corrected chi connectivity index (χ4v) is 2.02. The van der Waals surface area contributed by atoms with E-state index in [4.69, 9.17) is 5.73 Å². The summed E-state index contributed by atoms with van der Waals surface area (Å²) in [6.45, 7) is 0.205. The molecule has 1 aromatic rings. The van der Waals surface area contributed by atoms with Gasteiger partial charge in [-0.2, -0.15) is 13.2 Å². The fourth-order valence-electron chi connectivity index (χ4n) is 2.02. The molecule has 1 aromatic carbocycles. The predicted octanol–water partition coefficient (Wildman–Crippen LogP) is 0.190. The Kier molecular flexibility index (Phi) is 4.17. The van der Waals surface area contributed by atoms with Gasteiger partial charge in [-0.1, -0.05) is 12.1 Å². The van der Waals surface area contributed by atoms with Crippen molar-refractivity contribution in [1.82, 2.24) is 10.6 Å². The van der Waals surface area contributed by atoms with Gasteiger partial charge in [0.05, 0.1) is 18.0 Å². The lowest BCUT2D eigenvalue weighted by atomic mass is 9.98. The summed E-state index contributed by atoms with van der Waals surface area (Å²) in [6.07, 6.45) is -4.50. The van der Waals surface area contributed by atoms with Gasteiger partial charge in [-0.05, 0) is 17.7 Å². The summed E-state index contributed by atoms with van der Waals surface area (Å²) >= 11 is 0. The minimum absolute atomic E-state index is 0.0980. The number of benzene rings is 1. The van der Waals surface area contributed by atoms with Crippen LogP contribution in [0.4, 0.5) is 13.2 Å². The molecular formula is C13H14F3N3O2. The van der Waals surface area contributed by atoms with E-state index in [0.29, 0.717) is 5.56 Å². The number of hydrogen-bond acceptors (Lipinski definition) is 3. The molecule has 0 radical (unpaired) electrons. The lowest BCUT2D eigenvalue weighted by molar-refractivity contribution is -0.137. The largest absolute Gasteiger partial charge is 0.416 e. The summed E-state index contributed by atoms with van der Waals surface area (Å²) in [5, 5.41) is 5.04. The van der Waals surface area contributed by atoms with Crippen LogP contribution in [0.3, 0.4) is 0 Å².